The molecule has 0 aliphatic heterocycles. The smallest absolute Gasteiger partial charge is 0.147 e. The molecule has 0 radical (unpaired) electrons. The summed E-state index contributed by atoms with van der Waals surface area (Å²) in [6, 6.07) is 8.89. The first kappa shape index (κ1) is 12.4. The summed E-state index contributed by atoms with van der Waals surface area (Å²) in [5.74, 6) is -0.312. The van der Waals surface area contributed by atoms with Gasteiger partial charge in [0.05, 0.1) is 11.7 Å². The van der Waals surface area contributed by atoms with E-state index in [1.807, 2.05) is 11.4 Å². The fraction of sp³-hybridized carbons (Fsp3) is 0.231. The van der Waals surface area contributed by atoms with Crippen molar-refractivity contribution in [2.75, 3.05) is 5.32 Å². The maximum absolute atomic E-state index is 13.6. The van der Waals surface area contributed by atoms with Crippen molar-refractivity contribution >= 4 is 28.6 Å². The molecule has 0 bridgehead atoms. The van der Waals surface area contributed by atoms with Crippen molar-refractivity contribution in [2.24, 2.45) is 0 Å². The van der Waals surface area contributed by atoms with Gasteiger partial charge in [-0.1, -0.05) is 24.6 Å². The largest absolute Gasteiger partial charge is 0.375 e. The van der Waals surface area contributed by atoms with Crippen LogP contribution in [0.2, 0.25) is 5.02 Å². The molecule has 1 atom stereocenters. The molecule has 1 heterocycles. The predicted octanol–water partition coefficient (Wildman–Crippen LogP) is 5.10. The van der Waals surface area contributed by atoms with Gasteiger partial charge < -0.3 is 5.32 Å². The van der Waals surface area contributed by atoms with E-state index in [9.17, 15) is 4.39 Å². The van der Waals surface area contributed by atoms with E-state index in [4.69, 9.17) is 11.6 Å². The Morgan fingerprint density at radius 2 is 2.24 bits per heavy atom. The highest BCUT2D eigenvalue weighted by atomic mass is 35.5. The highest BCUT2D eigenvalue weighted by molar-refractivity contribution is 7.10. The first-order valence-corrected chi connectivity index (χ1v) is 6.71. The zero-order valence-corrected chi connectivity index (χ0v) is 11.0. The maximum atomic E-state index is 13.6. The monoisotopic (exact) mass is 269 g/mol. The van der Waals surface area contributed by atoms with Crippen LogP contribution in [0.1, 0.15) is 24.3 Å². The summed E-state index contributed by atoms with van der Waals surface area (Å²) in [5, 5.41) is 5.64. The van der Waals surface area contributed by atoms with Crippen LogP contribution in [-0.4, -0.2) is 0 Å². The minimum Gasteiger partial charge on any atom is -0.375 e. The van der Waals surface area contributed by atoms with Gasteiger partial charge in [0.1, 0.15) is 5.82 Å². The van der Waals surface area contributed by atoms with Crippen molar-refractivity contribution in [3.8, 4) is 0 Å². The van der Waals surface area contributed by atoms with Crippen molar-refractivity contribution in [1.82, 2.24) is 0 Å². The molecule has 4 heteroatoms. The zero-order chi connectivity index (χ0) is 12.3. The maximum Gasteiger partial charge on any atom is 0.147 e. The van der Waals surface area contributed by atoms with Gasteiger partial charge in [0, 0.05) is 9.90 Å². The normalized spacial score (nSPS) is 12.4. The number of anilines is 1. The second kappa shape index (κ2) is 5.52. The van der Waals surface area contributed by atoms with E-state index in [1.54, 1.807) is 23.5 Å². The number of halogens is 2. The number of nitrogens with one attached hydrogen (secondary N) is 1. The molecule has 1 aromatic heterocycles. The van der Waals surface area contributed by atoms with Crippen LogP contribution in [0.4, 0.5) is 10.1 Å². The van der Waals surface area contributed by atoms with Crippen molar-refractivity contribution in [3.63, 3.8) is 0 Å². The minimum atomic E-state index is -0.312. The van der Waals surface area contributed by atoms with Crippen LogP contribution in [0.15, 0.2) is 35.7 Å². The van der Waals surface area contributed by atoms with Crippen molar-refractivity contribution in [3.05, 3.63) is 51.4 Å². The molecule has 0 aliphatic rings. The summed E-state index contributed by atoms with van der Waals surface area (Å²) in [6.45, 7) is 2.07. The third-order valence-corrected chi connectivity index (χ3v) is 3.78. The lowest BCUT2D eigenvalue weighted by atomic mass is 10.1. The van der Waals surface area contributed by atoms with Crippen LogP contribution in [0.25, 0.3) is 0 Å². The Balaban J connectivity index is 2.19. The first-order chi connectivity index (χ1) is 8.20. The van der Waals surface area contributed by atoms with Crippen LogP contribution in [0.5, 0.6) is 0 Å². The zero-order valence-electron chi connectivity index (χ0n) is 9.41. The first-order valence-electron chi connectivity index (χ1n) is 5.45. The van der Waals surface area contributed by atoms with Crippen LogP contribution < -0.4 is 5.32 Å². The standard InChI is InChI=1S/C13H13ClFNS/c1-2-11(13-4-3-7-17-13)16-12-6-5-9(14)8-10(12)15/h3-8,11,16H,2H2,1H3. The topological polar surface area (TPSA) is 12.0 Å². The van der Waals surface area contributed by atoms with Crippen molar-refractivity contribution in [2.45, 2.75) is 19.4 Å². The molecule has 2 aromatic rings. The van der Waals surface area contributed by atoms with Gasteiger partial charge in [-0.15, -0.1) is 11.3 Å². The fourth-order valence-corrected chi connectivity index (χ4v) is 2.68. The molecule has 1 N–H and O–H groups in total. The lowest BCUT2D eigenvalue weighted by Crippen LogP contribution is -2.09. The Labute approximate surface area is 109 Å². The lowest BCUT2D eigenvalue weighted by Gasteiger charge is -2.17. The van der Waals surface area contributed by atoms with Gasteiger partial charge in [-0.05, 0) is 36.1 Å². The van der Waals surface area contributed by atoms with Crippen LogP contribution >= 0.6 is 22.9 Å². The van der Waals surface area contributed by atoms with Gasteiger partial charge in [-0.25, -0.2) is 4.39 Å². The van der Waals surface area contributed by atoms with Crippen LogP contribution in [-0.2, 0) is 0 Å². The summed E-state index contributed by atoms with van der Waals surface area (Å²) >= 11 is 7.39. The Hall–Kier alpha value is -1.06. The molecule has 0 aliphatic carbocycles. The predicted molar refractivity (Wildman–Crippen MR) is 72.4 cm³/mol. The van der Waals surface area contributed by atoms with E-state index < -0.39 is 0 Å². The quantitative estimate of drug-likeness (QED) is 0.814. The van der Waals surface area contributed by atoms with E-state index in [1.165, 1.54) is 10.9 Å². The molecular weight excluding hydrogens is 257 g/mol. The van der Waals surface area contributed by atoms with Crippen molar-refractivity contribution in [1.29, 1.82) is 0 Å². The molecule has 0 spiro atoms. The summed E-state index contributed by atoms with van der Waals surface area (Å²) in [4.78, 5) is 1.21. The third-order valence-electron chi connectivity index (χ3n) is 2.56. The minimum absolute atomic E-state index is 0.144. The molecule has 1 nitrogen and oxygen atoms in total. The van der Waals surface area contributed by atoms with Gasteiger partial charge >= 0.3 is 0 Å². The number of hydrogen-bond acceptors (Lipinski definition) is 2. The Morgan fingerprint density at radius 1 is 1.41 bits per heavy atom. The molecule has 2 rings (SSSR count). The lowest BCUT2D eigenvalue weighted by molar-refractivity contribution is 0.624. The summed E-state index contributed by atoms with van der Waals surface area (Å²) < 4.78 is 13.6. The molecule has 0 saturated heterocycles. The number of benzene rings is 1. The molecule has 90 valence electrons. The number of rotatable bonds is 4. The highest BCUT2D eigenvalue weighted by Crippen LogP contribution is 2.28. The molecule has 17 heavy (non-hydrogen) atoms. The van der Waals surface area contributed by atoms with Crippen LogP contribution in [0, 0.1) is 5.82 Å². The van der Waals surface area contributed by atoms with E-state index in [0.717, 1.165) is 6.42 Å². The van der Waals surface area contributed by atoms with E-state index in [-0.39, 0.29) is 11.9 Å². The van der Waals surface area contributed by atoms with Crippen LogP contribution in [0.3, 0.4) is 0 Å². The second-order valence-corrected chi connectivity index (χ2v) is 5.16. The summed E-state index contributed by atoms with van der Waals surface area (Å²) in [6.07, 6.45) is 0.905. The van der Waals surface area contributed by atoms with Gasteiger partial charge in [0.25, 0.3) is 0 Å². The Morgan fingerprint density at radius 3 is 2.82 bits per heavy atom. The van der Waals surface area contributed by atoms with Gasteiger partial charge in [-0.2, -0.15) is 0 Å². The average Bonchev–Trinajstić information content (AvgIpc) is 2.81. The van der Waals surface area contributed by atoms with Gasteiger partial charge in [-0.3, -0.25) is 0 Å². The fourth-order valence-electron chi connectivity index (χ4n) is 1.66. The highest BCUT2D eigenvalue weighted by Gasteiger charge is 2.12. The Kier molecular flexibility index (Phi) is 4.02. The average molecular weight is 270 g/mol. The molecule has 1 aromatic carbocycles. The third kappa shape index (κ3) is 2.99. The molecule has 0 fully saturated rings. The molecular formula is C13H13ClFNS. The van der Waals surface area contributed by atoms with Gasteiger partial charge in [0.2, 0.25) is 0 Å². The number of hydrogen-bond donors (Lipinski definition) is 1. The van der Waals surface area contributed by atoms with E-state index in [0.29, 0.717) is 10.7 Å². The van der Waals surface area contributed by atoms with Crippen molar-refractivity contribution < 1.29 is 4.39 Å². The SMILES string of the molecule is CCC(Nc1ccc(Cl)cc1F)c1cccs1. The molecule has 0 saturated carbocycles. The van der Waals surface area contributed by atoms with Gasteiger partial charge in [0.15, 0.2) is 0 Å². The summed E-state index contributed by atoms with van der Waals surface area (Å²) in [7, 11) is 0. The summed E-state index contributed by atoms with van der Waals surface area (Å²) in [5.41, 5.74) is 0.495. The second-order valence-electron chi connectivity index (χ2n) is 3.74. The number of thiophene rings is 1. The molecule has 0 amide bonds. The Bertz CT molecular complexity index is 484. The van der Waals surface area contributed by atoms with E-state index in [2.05, 4.69) is 18.3 Å². The molecule has 1 unspecified atom stereocenters. The van der Waals surface area contributed by atoms with E-state index >= 15 is 0 Å².